The monoisotopic (exact) mass is 432 g/mol. The first-order chi connectivity index (χ1) is 15.2. The van der Waals surface area contributed by atoms with Gasteiger partial charge in [0.1, 0.15) is 5.82 Å². The molecule has 0 saturated heterocycles. The van der Waals surface area contributed by atoms with Crippen molar-refractivity contribution < 1.29 is 23.9 Å². The van der Waals surface area contributed by atoms with E-state index < -0.39 is 30.3 Å². The maximum Gasteiger partial charge on any atom is 0.338 e. The Morgan fingerprint density at radius 3 is 2.38 bits per heavy atom. The lowest BCUT2D eigenvalue weighted by Crippen LogP contribution is -2.24. The molecule has 3 aromatic rings. The number of aromatic nitrogens is 2. The van der Waals surface area contributed by atoms with Gasteiger partial charge in [0.25, 0.3) is 17.7 Å². The van der Waals surface area contributed by atoms with Crippen molar-refractivity contribution >= 4 is 29.5 Å². The van der Waals surface area contributed by atoms with Gasteiger partial charge in [0, 0.05) is 13.1 Å². The normalized spacial score (nSPS) is 12.7. The van der Waals surface area contributed by atoms with Crippen molar-refractivity contribution in [2.24, 2.45) is 0 Å². The first-order valence-electron chi connectivity index (χ1n) is 9.81. The average molecular weight is 432 g/mol. The third kappa shape index (κ3) is 3.87. The second kappa shape index (κ2) is 8.10. The lowest BCUT2D eigenvalue weighted by Gasteiger charge is -2.10. The molecule has 2 heterocycles. The number of imide groups is 1. The Kier molecular flexibility index (Phi) is 5.31. The molecule has 3 amide bonds. The van der Waals surface area contributed by atoms with Gasteiger partial charge in [0.2, 0.25) is 0 Å². The Hall–Kier alpha value is -4.27. The van der Waals surface area contributed by atoms with E-state index in [0.717, 1.165) is 16.2 Å². The molecule has 1 N–H and O–H groups in total. The van der Waals surface area contributed by atoms with Gasteiger partial charge in [0.05, 0.1) is 28.1 Å². The molecule has 4 rings (SSSR count). The number of carbonyl (C=O) groups is 4. The number of hydrogen-bond donors (Lipinski definition) is 1. The second-order valence-corrected chi connectivity index (χ2v) is 7.47. The van der Waals surface area contributed by atoms with Crippen LogP contribution in [0.25, 0.3) is 5.69 Å². The molecular formula is C23H20N4O5. The minimum absolute atomic E-state index is 0.0774. The largest absolute Gasteiger partial charge is 0.452 e. The number of rotatable bonds is 5. The van der Waals surface area contributed by atoms with E-state index in [9.17, 15) is 19.2 Å². The Bertz CT molecular complexity index is 1260. The van der Waals surface area contributed by atoms with E-state index in [4.69, 9.17) is 4.74 Å². The molecule has 2 aromatic carbocycles. The topological polar surface area (TPSA) is 111 Å². The van der Waals surface area contributed by atoms with Crippen molar-refractivity contribution in [2.45, 2.75) is 13.8 Å². The molecule has 1 aromatic heterocycles. The smallest absolute Gasteiger partial charge is 0.338 e. The third-order valence-electron chi connectivity index (χ3n) is 5.04. The van der Waals surface area contributed by atoms with Crippen LogP contribution in [0.4, 0.5) is 5.82 Å². The van der Waals surface area contributed by atoms with Crippen LogP contribution in [0.3, 0.4) is 0 Å². The highest BCUT2D eigenvalue weighted by atomic mass is 16.5. The van der Waals surface area contributed by atoms with Crippen LogP contribution >= 0.6 is 0 Å². The van der Waals surface area contributed by atoms with E-state index in [1.807, 2.05) is 31.2 Å². The molecule has 0 atom stereocenters. The molecule has 0 spiro atoms. The zero-order valence-electron chi connectivity index (χ0n) is 17.7. The molecule has 9 nitrogen and oxygen atoms in total. The van der Waals surface area contributed by atoms with Crippen molar-refractivity contribution in [3.05, 3.63) is 76.5 Å². The molecule has 162 valence electrons. The van der Waals surface area contributed by atoms with Crippen molar-refractivity contribution in [3.8, 4) is 5.69 Å². The molecule has 9 heteroatoms. The van der Waals surface area contributed by atoms with Crippen molar-refractivity contribution in [3.63, 3.8) is 0 Å². The summed E-state index contributed by atoms with van der Waals surface area (Å²) in [5.74, 6) is -1.79. The van der Waals surface area contributed by atoms with E-state index in [-0.39, 0.29) is 16.7 Å². The first-order valence-corrected chi connectivity index (χ1v) is 9.81. The highest BCUT2D eigenvalue weighted by Crippen LogP contribution is 2.23. The lowest BCUT2D eigenvalue weighted by atomic mass is 10.1. The Labute approximate surface area is 183 Å². The standard InChI is InChI=1S/C23H20N4O5/c1-13-4-7-16(8-5-13)27-19(10-14(2)25-27)24-20(28)12-32-23(31)15-6-9-17-18(11-15)22(30)26(3)21(17)29/h4-11H,12H2,1-3H3,(H,24,28). The van der Waals surface area contributed by atoms with E-state index >= 15 is 0 Å². The van der Waals surface area contributed by atoms with Gasteiger partial charge in [-0.25, -0.2) is 9.48 Å². The maximum absolute atomic E-state index is 12.4. The van der Waals surface area contributed by atoms with Crippen LogP contribution in [-0.4, -0.2) is 52.0 Å². The van der Waals surface area contributed by atoms with Gasteiger partial charge < -0.3 is 10.1 Å². The fourth-order valence-corrected chi connectivity index (χ4v) is 3.35. The van der Waals surface area contributed by atoms with Gasteiger partial charge in [-0.1, -0.05) is 17.7 Å². The summed E-state index contributed by atoms with van der Waals surface area (Å²) in [5, 5.41) is 7.08. The number of carbonyl (C=O) groups excluding carboxylic acids is 4. The predicted molar refractivity (Wildman–Crippen MR) is 115 cm³/mol. The number of esters is 1. The SMILES string of the molecule is Cc1ccc(-n2nc(C)cc2NC(=O)COC(=O)c2ccc3c(c2)C(=O)N(C)C3=O)cc1. The quantitative estimate of drug-likeness (QED) is 0.490. The predicted octanol–water partition coefficient (Wildman–Crippen LogP) is 2.51. The first kappa shape index (κ1) is 21.0. The Morgan fingerprint density at radius 1 is 0.969 bits per heavy atom. The fraction of sp³-hybridized carbons (Fsp3) is 0.174. The number of amides is 3. The second-order valence-electron chi connectivity index (χ2n) is 7.47. The molecule has 1 aliphatic heterocycles. The van der Waals surface area contributed by atoms with Crippen LogP contribution in [0.5, 0.6) is 0 Å². The zero-order valence-corrected chi connectivity index (χ0v) is 17.7. The minimum Gasteiger partial charge on any atom is -0.452 e. The zero-order chi connectivity index (χ0) is 23.0. The summed E-state index contributed by atoms with van der Waals surface area (Å²) in [6.45, 7) is 3.25. The highest BCUT2D eigenvalue weighted by Gasteiger charge is 2.33. The summed E-state index contributed by atoms with van der Waals surface area (Å²) in [4.78, 5) is 49.8. The summed E-state index contributed by atoms with van der Waals surface area (Å²) in [7, 11) is 1.37. The summed E-state index contributed by atoms with van der Waals surface area (Å²) in [6.07, 6.45) is 0. The van der Waals surface area contributed by atoms with Crippen molar-refractivity contribution in [1.29, 1.82) is 0 Å². The van der Waals surface area contributed by atoms with Gasteiger partial charge in [-0.3, -0.25) is 19.3 Å². The van der Waals surface area contributed by atoms with Crippen LogP contribution in [0, 0.1) is 13.8 Å². The van der Waals surface area contributed by atoms with Crippen LogP contribution in [-0.2, 0) is 9.53 Å². The molecular weight excluding hydrogens is 412 g/mol. The van der Waals surface area contributed by atoms with Gasteiger partial charge in [-0.2, -0.15) is 5.10 Å². The van der Waals surface area contributed by atoms with Crippen LogP contribution in [0.1, 0.15) is 42.3 Å². The summed E-state index contributed by atoms with van der Waals surface area (Å²) < 4.78 is 6.68. The maximum atomic E-state index is 12.4. The van der Waals surface area contributed by atoms with Crippen LogP contribution in [0.2, 0.25) is 0 Å². The Morgan fingerprint density at radius 2 is 1.66 bits per heavy atom. The highest BCUT2D eigenvalue weighted by molar-refractivity contribution is 6.21. The molecule has 0 saturated carbocycles. The summed E-state index contributed by atoms with van der Waals surface area (Å²) >= 11 is 0. The minimum atomic E-state index is -0.777. The molecule has 0 unspecified atom stereocenters. The molecule has 0 fully saturated rings. The van der Waals surface area contributed by atoms with Gasteiger partial charge >= 0.3 is 5.97 Å². The molecule has 0 aliphatic carbocycles. The Balaban J connectivity index is 1.42. The van der Waals surface area contributed by atoms with Gasteiger partial charge in [0.15, 0.2) is 6.61 Å². The van der Waals surface area contributed by atoms with E-state index in [1.165, 1.54) is 25.2 Å². The number of ether oxygens (including phenoxy) is 1. The molecule has 1 aliphatic rings. The number of nitrogens with zero attached hydrogens (tertiary/aromatic N) is 3. The number of anilines is 1. The van der Waals surface area contributed by atoms with E-state index in [2.05, 4.69) is 10.4 Å². The van der Waals surface area contributed by atoms with Crippen molar-refractivity contribution in [2.75, 3.05) is 19.0 Å². The van der Waals surface area contributed by atoms with E-state index in [0.29, 0.717) is 11.5 Å². The van der Waals surface area contributed by atoms with Gasteiger partial charge in [-0.05, 0) is 44.2 Å². The van der Waals surface area contributed by atoms with Gasteiger partial charge in [-0.15, -0.1) is 0 Å². The van der Waals surface area contributed by atoms with Crippen LogP contribution < -0.4 is 5.32 Å². The number of nitrogens with one attached hydrogen (secondary N) is 1. The fourth-order valence-electron chi connectivity index (χ4n) is 3.35. The van der Waals surface area contributed by atoms with Crippen molar-refractivity contribution in [1.82, 2.24) is 14.7 Å². The number of fused-ring (bicyclic) bond motifs is 1. The third-order valence-corrected chi connectivity index (χ3v) is 5.04. The lowest BCUT2D eigenvalue weighted by molar-refractivity contribution is -0.119. The molecule has 0 radical (unpaired) electrons. The van der Waals surface area contributed by atoms with E-state index in [1.54, 1.807) is 17.7 Å². The summed E-state index contributed by atoms with van der Waals surface area (Å²) in [5.41, 5.74) is 3.02. The number of benzene rings is 2. The average Bonchev–Trinajstić information content (AvgIpc) is 3.24. The number of aryl methyl sites for hydroxylation is 2. The summed E-state index contributed by atoms with van der Waals surface area (Å²) in [6, 6.07) is 13.4. The molecule has 0 bridgehead atoms. The van der Waals surface area contributed by atoms with Crippen LogP contribution in [0.15, 0.2) is 48.5 Å². The number of hydrogen-bond acceptors (Lipinski definition) is 6. The molecule has 32 heavy (non-hydrogen) atoms.